The summed E-state index contributed by atoms with van der Waals surface area (Å²) in [5.74, 6) is -0.785. The maximum atomic E-state index is 13.8. The lowest BCUT2D eigenvalue weighted by molar-refractivity contribution is 0.103. The van der Waals surface area contributed by atoms with Crippen molar-refractivity contribution in [2.24, 2.45) is 0 Å². The Morgan fingerprint density at radius 1 is 1.12 bits per heavy atom. The monoisotopic (exact) mass is 390 g/mol. The number of fused-ring (bicyclic) bond motifs is 1. The Hall–Kier alpha value is -2.29. The SMILES string of the molecule is O=C(Nc1cccc(S(=O)(=O)NC2CC2)c1)c1cc2c(F)cccc2s1. The number of halogens is 1. The highest BCUT2D eigenvalue weighted by atomic mass is 32.2. The smallest absolute Gasteiger partial charge is 0.265 e. The van der Waals surface area contributed by atoms with Crippen LogP contribution in [0.5, 0.6) is 0 Å². The lowest BCUT2D eigenvalue weighted by Crippen LogP contribution is -2.25. The fraction of sp³-hybridized carbons (Fsp3) is 0.167. The number of hydrogen-bond acceptors (Lipinski definition) is 4. The van der Waals surface area contributed by atoms with E-state index in [1.54, 1.807) is 24.3 Å². The third-order valence-corrected chi connectivity index (χ3v) is 6.65. The molecule has 1 saturated carbocycles. The van der Waals surface area contributed by atoms with Gasteiger partial charge in [-0.3, -0.25) is 4.79 Å². The van der Waals surface area contributed by atoms with Crippen LogP contribution in [0.3, 0.4) is 0 Å². The van der Waals surface area contributed by atoms with Crippen molar-refractivity contribution >= 4 is 43.0 Å². The zero-order valence-electron chi connectivity index (χ0n) is 13.5. The zero-order chi connectivity index (χ0) is 18.3. The average Bonchev–Trinajstić information content (AvgIpc) is 3.28. The van der Waals surface area contributed by atoms with Crippen molar-refractivity contribution in [3.63, 3.8) is 0 Å². The van der Waals surface area contributed by atoms with Crippen LogP contribution in [0, 0.1) is 5.82 Å². The molecule has 0 atom stereocenters. The number of rotatable bonds is 5. The Bertz CT molecular complexity index is 1100. The molecule has 0 radical (unpaired) electrons. The molecule has 0 bridgehead atoms. The molecular formula is C18H15FN2O3S2. The van der Waals surface area contributed by atoms with Gasteiger partial charge in [0.2, 0.25) is 10.0 Å². The van der Waals surface area contributed by atoms with Crippen molar-refractivity contribution in [1.29, 1.82) is 0 Å². The van der Waals surface area contributed by atoms with E-state index in [-0.39, 0.29) is 16.8 Å². The summed E-state index contributed by atoms with van der Waals surface area (Å²) in [5.41, 5.74) is 0.367. The average molecular weight is 390 g/mol. The van der Waals surface area contributed by atoms with Crippen LogP contribution in [0.15, 0.2) is 53.4 Å². The molecule has 1 fully saturated rings. The minimum absolute atomic E-state index is 0.00620. The standard InChI is InChI=1S/C18H15FN2O3S2/c19-15-5-2-6-16-14(15)10-17(25-16)18(22)20-12-3-1-4-13(9-12)26(23,24)21-11-7-8-11/h1-6,9-11,21H,7-8H2,(H,20,22). The summed E-state index contributed by atoms with van der Waals surface area (Å²) in [6.45, 7) is 0. The van der Waals surface area contributed by atoms with E-state index in [1.165, 1.54) is 35.6 Å². The molecule has 0 aliphatic heterocycles. The van der Waals surface area contributed by atoms with E-state index in [0.29, 0.717) is 20.7 Å². The first-order valence-electron chi connectivity index (χ1n) is 8.04. The molecule has 2 N–H and O–H groups in total. The molecular weight excluding hydrogens is 375 g/mol. The van der Waals surface area contributed by atoms with Gasteiger partial charge in [0.25, 0.3) is 5.91 Å². The van der Waals surface area contributed by atoms with Crippen molar-refractivity contribution in [2.45, 2.75) is 23.8 Å². The van der Waals surface area contributed by atoms with Crippen LogP contribution < -0.4 is 10.0 Å². The van der Waals surface area contributed by atoms with Crippen molar-refractivity contribution in [3.05, 3.63) is 59.2 Å². The highest BCUT2D eigenvalue weighted by Crippen LogP contribution is 2.28. The minimum Gasteiger partial charge on any atom is -0.321 e. The Morgan fingerprint density at radius 2 is 1.88 bits per heavy atom. The van der Waals surface area contributed by atoms with Gasteiger partial charge < -0.3 is 5.32 Å². The summed E-state index contributed by atoms with van der Waals surface area (Å²) in [4.78, 5) is 12.9. The molecule has 1 aromatic heterocycles. The number of nitrogens with one attached hydrogen (secondary N) is 2. The van der Waals surface area contributed by atoms with Gasteiger partial charge in [-0.05, 0) is 49.2 Å². The molecule has 3 aromatic rings. The fourth-order valence-electron chi connectivity index (χ4n) is 2.56. The molecule has 134 valence electrons. The molecule has 2 aromatic carbocycles. The van der Waals surface area contributed by atoms with Gasteiger partial charge in [0.05, 0.1) is 9.77 Å². The first-order chi connectivity index (χ1) is 12.4. The number of carbonyl (C=O) groups excluding carboxylic acids is 1. The number of carbonyl (C=O) groups is 1. The number of sulfonamides is 1. The topological polar surface area (TPSA) is 75.3 Å². The second-order valence-corrected chi connectivity index (χ2v) is 8.94. The van der Waals surface area contributed by atoms with E-state index in [4.69, 9.17) is 0 Å². The second-order valence-electron chi connectivity index (χ2n) is 6.14. The van der Waals surface area contributed by atoms with Gasteiger partial charge in [-0.1, -0.05) is 12.1 Å². The van der Waals surface area contributed by atoms with Crippen LogP contribution >= 0.6 is 11.3 Å². The van der Waals surface area contributed by atoms with Crippen LogP contribution in [-0.4, -0.2) is 20.4 Å². The number of benzene rings is 2. The molecule has 1 amide bonds. The van der Waals surface area contributed by atoms with Gasteiger partial charge in [0.1, 0.15) is 5.82 Å². The van der Waals surface area contributed by atoms with Crippen molar-refractivity contribution in [1.82, 2.24) is 4.72 Å². The zero-order valence-corrected chi connectivity index (χ0v) is 15.2. The van der Waals surface area contributed by atoms with E-state index < -0.39 is 15.9 Å². The van der Waals surface area contributed by atoms with Crippen LogP contribution in [0.2, 0.25) is 0 Å². The Labute approximate surface area is 153 Å². The van der Waals surface area contributed by atoms with Gasteiger partial charge in [-0.25, -0.2) is 17.5 Å². The van der Waals surface area contributed by atoms with E-state index in [2.05, 4.69) is 10.0 Å². The quantitative estimate of drug-likeness (QED) is 0.697. The minimum atomic E-state index is -3.59. The highest BCUT2D eigenvalue weighted by molar-refractivity contribution is 7.89. The lowest BCUT2D eigenvalue weighted by atomic mass is 10.2. The van der Waals surface area contributed by atoms with Gasteiger partial charge in [-0.15, -0.1) is 11.3 Å². The van der Waals surface area contributed by atoms with Gasteiger partial charge in [-0.2, -0.15) is 0 Å². The molecule has 1 aliphatic carbocycles. The number of hydrogen-bond donors (Lipinski definition) is 2. The molecule has 0 unspecified atom stereocenters. The largest absolute Gasteiger partial charge is 0.321 e. The maximum Gasteiger partial charge on any atom is 0.265 e. The molecule has 0 spiro atoms. The Morgan fingerprint density at radius 3 is 2.62 bits per heavy atom. The van der Waals surface area contributed by atoms with Crippen molar-refractivity contribution < 1.29 is 17.6 Å². The highest BCUT2D eigenvalue weighted by Gasteiger charge is 2.28. The summed E-state index contributed by atoms with van der Waals surface area (Å²) in [7, 11) is -3.59. The summed E-state index contributed by atoms with van der Waals surface area (Å²) < 4.78 is 41.6. The summed E-state index contributed by atoms with van der Waals surface area (Å²) in [6, 6.07) is 12.3. The predicted molar refractivity (Wildman–Crippen MR) is 99.5 cm³/mol. The molecule has 5 nitrogen and oxygen atoms in total. The molecule has 4 rings (SSSR count). The van der Waals surface area contributed by atoms with Crippen LogP contribution in [0.4, 0.5) is 10.1 Å². The second kappa shape index (κ2) is 6.46. The predicted octanol–water partition coefficient (Wildman–Crippen LogP) is 3.73. The van der Waals surface area contributed by atoms with Crippen molar-refractivity contribution in [3.8, 4) is 0 Å². The first kappa shape index (κ1) is 17.1. The van der Waals surface area contributed by atoms with E-state index >= 15 is 0 Å². The lowest BCUT2D eigenvalue weighted by Gasteiger charge is -2.08. The van der Waals surface area contributed by atoms with E-state index in [9.17, 15) is 17.6 Å². The molecule has 26 heavy (non-hydrogen) atoms. The number of amides is 1. The van der Waals surface area contributed by atoms with Gasteiger partial charge in [0.15, 0.2) is 0 Å². The maximum absolute atomic E-state index is 13.8. The van der Waals surface area contributed by atoms with Crippen molar-refractivity contribution in [2.75, 3.05) is 5.32 Å². The fourth-order valence-corrected chi connectivity index (χ4v) is 4.88. The summed E-state index contributed by atoms with van der Waals surface area (Å²) >= 11 is 1.18. The van der Waals surface area contributed by atoms with Crippen LogP contribution in [0.25, 0.3) is 10.1 Å². The third-order valence-electron chi connectivity index (χ3n) is 4.03. The van der Waals surface area contributed by atoms with Crippen LogP contribution in [0.1, 0.15) is 22.5 Å². The van der Waals surface area contributed by atoms with E-state index in [0.717, 1.165) is 12.8 Å². The first-order valence-corrected chi connectivity index (χ1v) is 10.3. The summed E-state index contributed by atoms with van der Waals surface area (Å²) in [5, 5.41) is 3.07. The number of anilines is 1. The van der Waals surface area contributed by atoms with E-state index in [1.807, 2.05) is 0 Å². The molecule has 0 saturated heterocycles. The molecule has 8 heteroatoms. The third kappa shape index (κ3) is 3.48. The van der Waals surface area contributed by atoms with Crippen LogP contribution in [-0.2, 0) is 10.0 Å². The normalized spacial score (nSPS) is 14.5. The Kier molecular flexibility index (Phi) is 4.26. The van der Waals surface area contributed by atoms with Gasteiger partial charge in [0, 0.05) is 21.8 Å². The van der Waals surface area contributed by atoms with Gasteiger partial charge >= 0.3 is 0 Å². The Balaban J connectivity index is 1.57. The number of thiophene rings is 1. The summed E-state index contributed by atoms with van der Waals surface area (Å²) in [6.07, 6.45) is 1.69. The molecule has 1 aliphatic rings. The molecule has 1 heterocycles.